The van der Waals surface area contributed by atoms with E-state index in [2.05, 4.69) is 24.1 Å². The van der Waals surface area contributed by atoms with E-state index in [1.807, 2.05) is 6.07 Å². The zero-order valence-electron chi connectivity index (χ0n) is 12.8. The van der Waals surface area contributed by atoms with Crippen molar-refractivity contribution in [2.24, 2.45) is 5.92 Å². The van der Waals surface area contributed by atoms with Gasteiger partial charge in [0.25, 0.3) is 0 Å². The second-order valence-corrected chi connectivity index (χ2v) is 7.09. The zero-order valence-corrected chi connectivity index (χ0v) is 13.6. The molecule has 0 spiro atoms. The molecule has 0 radical (unpaired) electrons. The molecule has 1 heterocycles. The highest BCUT2D eigenvalue weighted by Gasteiger charge is 2.48. The fourth-order valence-electron chi connectivity index (χ4n) is 3.50. The molecular formula is C17H24ClFN2. The number of halogens is 2. The van der Waals surface area contributed by atoms with Gasteiger partial charge < -0.3 is 5.32 Å². The summed E-state index contributed by atoms with van der Waals surface area (Å²) in [6, 6.07) is 5.65. The second kappa shape index (κ2) is 5.86. The van der Waals surface area contributed by atoms with Crippen molar-refractivity contribution in [2.45, 2.75) is 51.2 Å². The number of piperazine rings is 1. The maximum absolute atomic E-state index is 13.7. The molecule has 3 rings (SSSR count). The van der Waals surface area contributed by atoms with Crippen LogP contribution in [0.15, 0.2) is 18.2 Å². The highest BCUT2D eigenvalue weighted by molar-refractivity contribution is 6.31. The molecule has 1 N–H and O–H groups in total. The first-order valence-electron chi connectivity index (χ1n) is 7.96. The SMILES string of the molecule is CCC1CN(Cc2cccc(F)c2Cl)C(C)(C2CC2)CN1. The van der Waals surface area contributed by atoms with Crippen molar-refractivity contribution in [1.82, 2.24) is 10.2 Å². The van der Waals surface area contributed by atoms with E-state index in [4.69, 9.17) is 11.6 Å². The molecule has 2 fully saturated rings. The van der Waals surface area contributed by atoms with Crippen LogP contribution in [0.25, 0.3) is 0 Å². The van der Waals surface area contributed by atoms with Crippen molar-refractivity contribution in [2.75, 3.05) is 13.1 Å². The Morgan fingerprint density at radius 1 is 1.43 bits per heavy atom. The minimum atomic E-state index is -0.315. The molecular weight excluding hydrogens is 287 g/mol. The van der Waals surface area contributed by atoms with Crippen molar-refractivity contribution in [3.63, 3.8) is 0 Å². The Labute approximate surface area is 131 Å². The molecule has 1 saturated heterocycles. The third-order valence-electron chi connectivity index (χ3n) is 5.25. The van der Waals surface area contributed by atoms with Crippen LogP contribution in [0.1, 0.15) is 38.7 Å². The minimum Gasteiger partial charge on any atom is -0.311 e. The quantitative estimate of drug-likeness (QED) is 0.909. The Kier molecular flexibility index (Phi) is 4.26. The fourth-order valence-corrected chi connectivity index (χ4v) is 3.69. The van der Waals surface area contributed by atoms with Crippen molar-refractivity contribution in [3.8, 4) is 0 Å². The van der Waals surface area contributed by atoms with Gasteiger partial charge in [0.05, 0.1) is 5.02 Å². The van der Waals surface area contributed by atoms with E-state index in [9.17, 15) is 4.39 Å². The van der Waals surface area contributed by atoms with Gasteiger partial charge >= 0.3 is 0 Å². The van der Waals surface area contributed by atoms with Crippen LogP contribution in [0.5, 0.6) is 0 Å². The van der Waals surface area contributed by atoms with E-state index < -0.39 is 0 Å². The average Bonchev–Trinajstić information content (AvgIpc) is 3.31. The van der Waals surface area contributed by atoms with Crippen molar-refractivity contribution < 1.29 is 4.39 Å². The van der Waals surface area contributed by atoms with Crippen LogP contribution in [0.3, 0.4) is 0 Å². The van der Waals surface area contributed by atoms with Crippen LogP contribution in [0.4, 0.5) is 4.39 Å². The maximum Gasteiger partial charge on any atom is 0.142 e. The number of nitrogens with zero attached hydrogens (tertiary/aromatic N) is 1. The summed E-state index contributed by atoms with van der Waals surface area (Å²) in [6.07, 6.45) is 3.73. The lowest BCUT2D eigenvalue weighted by molar-refractivity contribution is 0.0270. The summed E-state index contributed by atoms with van der Waals surface area (Å²) >= 11 is 6.15. The van der Waals surface area contributed by atoms with Crippen LogP contribution in [-0.2, 0) is 6.54 Å². The first-order chi connectivity index (χ1) is 10.0. The average molecular weight is 311 g/mol. The molecule has 2 nitrogen and oxygen atoms in total. The molecule has 1 saturated carbocycles. The van der Waals surface area contributed by atoms with Crippen LogP contribution in [-0.4, -0.2) is 29.6 Å². The van der Waals surface area contributed by atoms with Gasteiger partial charge in [-0.2, -0.15) is 0 Å². The summed E-state index contributed by atoms with van der Waals surface area (Å²) in [5.74, 6) is 0.444. The molecule has 1 aliphatic carbocycles. The molecule has 1 aromatic rings. The summed E-state index contributed by atoms with van der Waals surface area (Å²) in [4.78, 5) is 2.52. The van der Waals surface area contributed by atoms with Gasteiger partial charge in [-0.25, -0.2) is 4.39 Å². The topological polar surface area (TPSA) is 15.3 Å². The summed E-state index contributed by atoms with van der Waals surface area (Å²) in [5.41, 5.74) is 1.07. The molecule has 2 aliphatic rings. The predicted octanol–water partition coefficient (Wildman–Crippen LogP) is 3.83. The highest BCUT2D eigenvalue weighted by atomic mass is 35.5. The summed E-state index contributed by atoms with van der Waals surface area (Å²) in [6.45, 7) is 7.32. The number of nitrogens with one attached hydrogen (secondary N) is 1. The molecule has 116 valence electrons. The highest BCUT2D eigenvalue weighted by Crippen LogP contribution is 2.44. The Balaban J connectivity index is 1.83. The lowest BCUT2D eigenvalue weighted by atomic mass is 9.88. The number of benzene rings is 1. The standard InChI is InChI=1S/C17H24ClFN2/c1-3-14-10-21(17(2,11-20-14)13-7-8-13)9-12-5-4-6-15(19)16(12)18/h4-6,13-14,20H,3,7-11H2,1-2H3. The van der Waals surface area contributed by atoms with Gasteiger partial charge in [0.2, 0.25) is 0 Å². The number of hydrogen-bond donors (Lipinski definition) is 1. The van der Waals surface area contributed by atoms with Crippen molar-refractivity contribution >= 4 is 11.6 Å². The lowest BCUT2D eigenvalue weighted by Gasteiger charge is -2.49. The molecule has 0 bridgehead atoms. The molecule has 4 heteroatoms. The van der Waals surface area contributed by atoms with Crippen LogP contribution in [0, 0.1) is 11.7 Å². The van der Waals surface area contributed by atoms with Crippen LogP contribution in [0.2, 0.25) is 5.02 Å². The van der Waals surface area contributed by atoms with Crippen LogP contribution < -0.4 is 5.32 Å². The second-order valence-electron chi connectivity index (χ2n) is 6.71. The molecule has 2 atom stereocenters. The lowest BCUT2D eigenvalue weighted by Crippen LogP contribution is -2.63. The van der Waals surface area contributed by atoms with Gasteiger partial charge in [-0.3, -0.25) is 4.90 Å². The Morgan fingerprint density at radius 2 is 2.19 bits per heavy atom. The third kappa shape index (κ3) is 2.96. The van der Waals surface area contributed by atoms with Gasteiger partial charge in [0.15, 0.2) is 0 Å². The van der Waals surface area contributed by atoms with E-state index in [1.54, 1.807) is 6.07 Å². The van der Waals surface area contributed by atoms with E-state index >= 15 is 0 Å². The van der Waals surface area contributed by atoms with E-state index in [1.165, 1.54) is 18.9 Å². The molecule has 1 aliphatic heterocycles. The Bertz CT molecular complexity index is 518. The molecule has 21 heavy (non-hydrogen) atoms. The predicted molar refractivity (Wildman–Crippen MR) is 85.0 cm³/mol. The fraction of sp³-hybridized carbons (Fsp3) is 0.647. The number of hydrogen-bond acceptors (Lipinski definition) is 2. The number of rotatable bonds is 4. The minimum absolute atomic E-state index is 0.168. The van der Waals surface area contributed by atoms with Crippen molar-refractivity contribution in [1.29, 1.82) is 0 Å². The van der Waals surface area contributed by atoms with E-state index in [-0.39, 0.29) is 16.4 Å². The van der Waals surface area contributed by atoms with Gasteiger partial charge in [0.1, 0.15) is 5.82 Å². The molecule has 0 amide bonds. The van der Waals surface area contributed by atoms with Crippen LogP contribution >= 0.6 is 11.6 Å². The Morgan fingerprint density at radius 3 is 2.86 bits per heavy atom. The van der Waals surface area contributed by atoms with Gasteiger partial charge in [0, 0.05) is 31.2 Å². The smallest absolute Gasteiger partial charge is 0.142 e. The Hall–Kier alpha value is -0.640. The van der Waals surface area contributed by atoms with Gasteiger partial charge in [-0.1, -0.05) is 30.7 Å². The maximum atomic E-state index is 13.7. The normalized spacial score (nSPS) is 30.6. The summed E-state index contributed by atoms with van der Waals surface area (Å²) in [7, 11) is 0. The monoisotopic (exact) mass is 310 g/mol. The molecule has 2 unspecified atom stereocenters. The van der Waals surface area contributed by atoms with E-state index in [0.29, 0.717) is 6.04 Å². The third-order valence-corrected chi connectivity index (χ3v) is 5.68. The summed E-state index contributed by atoms with van der Waals surface area (Å²) < 4.78 is 13.7. The molecule has 0 aromatic heterocycles. The van der Waals surface area contributed by atoms with Gasteiger partial charge in [-0.05, 0) is 43.7 Å². The van der Waals surface area contributed by atoms with E-state index in [0.717, 1.165) is 37.5 Å². The first-order valence-corrected chi connectivity index (χ1v) is 8.33. The zero-order chi connectivity index (χ0) is 15.0. The first kappa shape index (κ1) is 15.3. The summed E-state index contributed by atoms with van der Waals surface area (Å²) in [5, 5.41) is 3.95. The largest absolute Gasteiger partial charge is 0.311 e. The van der Waals surface area contributed by atoms with Gasteiger partial charge in [-0.15, -0.1) is 0 Å². The van der Waals surface area contributed by atoms with Crippen molar-refractivity contribution in [3.05, 3.63) is 34.6 Å². The molecule has 1 aromatic carbocycles.